The average molecular weight is 381 g/mol. The number of carboxylic acids is 1. The van der Waals surface area contributed by atoms with Crippen molar-refractivity contribution < 1.29 is 19.5 Å². The van der Waals surface area contributed by atoms with Gasteiger partial charge in [0.2, 0.25) is 11.8 Å². The van der Waals surface area contributed by atoms with Crippen molar-refractivity contribution in [2.75, 3.05) is 24.5 Å². The Morgan fingerprint density at radius 2 is 2.00 bits per heavy atom. The van der Waals surface area contributed by atoms with E-state index in [1.165, 1.54) is 4.90 Å². The highest BCUT2D eigenvalue weighted by atomic mass is 79.9. The fourth-order valence-corrected chi connectivity index (χ4v) is 3.58. The second kappa shape index (κ2) is 6.31. The smallest absolute Gasteiger partial charge is 0.308 e. The van der Waals surface area contributed by atoms with Crippen LogP contribution in [-0.4, -0.2) is 47.4 Å². The standard InChI is InChI=1S/C16H17BrN2O4/c17-11-2-1-3-12(8-11)19-7-5-13(15(19)21)14(20)18-6-4-10(9-18)16(22)23/h1-3,8,10,13H,4-7,9H2,(H,22,23). The molecule has 122 valence electrons. The van der Waals surface area contributed by atoms with Crippen LogP contribution in [0.1, 0.15) is 12.8 Å². The topological polar surface area (TPSA) is 77.9 Å². The summed E-state index contributed by atoms with van der Waals surface area (Å²) in [6.07, 6.45) is 0.926. The third-order valence-corrected chi connectivity index (χ3v) is 4.97. The van der Waals surface area contributed by atoms with Crippen LogP contribution in [0.15, 0.2) is 28.7 Å². The van der Waals surface area contributed by atoms with Crippen molar-refractivity contribution in [2.24, 2.45) is 11.8 Å². The Hall–Kier alpha value is -1.89. The summed E-state index contributed by atoms with van der Waals surface area (Å²) in [6, 6.07) is 7.41. The van der Waals surface area contributed by atoms with Crippen LogP contribution in [0.5, 0.6) is 0 Å². The van der Waals surface area contributed by atoms with Gasteiger partial charge in [0.15, 0.2) is 0 Å². The Labute approximate surface area is 142 Å². The first-order chi connectivity index (χ1) is 11.0. The van der Waals surface area contributed by atoms with E-state index in [0.717, 1.165) is 10.2 Å². The van der Waals surface area contributed by atoms with Gasteiger partial charge < -0.3 is 14.9 Å². The maximum absolute atomic E-state index is 12.6. The van der Waals surface area contributed by atoms with Crippen molar-refractivity contribution in [3.8, 4) is 0 Å². The lowest BCUT2D eigenvalue weighted by atomic mass is 10.1. The van der Waals surface area contributed by atoms with Gasteiger partial charge in [0.05, 0.1) is 5.92 Å². The van der Waals surface area contributed by atoms with Crippen LogP contribution in [0.2, 0.25) is 0 Å². The number of amides is 2. The Morgan fingerprint density at radius 1 is 1.22 bits per heavy atom. The largest absolute Gasteiger partial charge is 0.481 e. The molecule has 0 aliphatic carbocycles. The molecule has 2 amide bonds. The van der Waals surface area contributed by atoms with Crippen LogP contribution >= 0.6 is 15.9 Å². The molecular weight excluding hydrogens is 364 g/mol. The SMILES string of the molecule is O=C(O)C1CCN(C(=O)C2CCN(c3cccc(Br)c3)C2=O)C1. The predicted octanol–water partition coefficient (Wildman–Crippen LogP) is 1.74. The fraction of sp³-hybridized carbons (Fsp3) is 0.438. The van der Waals surface area contributed by atoms with E-state index in [2.05, 4.69) is 15.9 Å². The molecule has 2 aliphatic rings. The summed E-state index contributed by atoms with van der Waals surface area (Å²) in [5, 5.41) is 9.03. The lowest BCUT2D eigenvalue weighted by Crippen LogP contribution is -2.39. The summed E-state index contributed by atoms with van der Waals surface area (Å²) in [5.74, 6) is -2.53. The molecule has 0 aromatic heterocycles. The molecular formula is C16H17BrN2O4. The summed E-state index contributed by atoms with van der Waals surface area (Å²) in [4.78, 5) is 39.3. The molecule has 2 aliphatic heterocycles. The van der Waals surface area contributed by atoms with Crippen molar-refractivity contribution in [1.29, 1.82) is 0 Å². The van der Waals surface area contributed by atoms with Gasteiger partial charge in [-0.15, -0.1) is 0 Å². The predicted molar refractivity (Wildman–Crippen MR) is 86.9 cm³/mol. The highest BCUT2D eigenvalue weighted by Gasteiger charge is 2.42. The van der Waals surface area contributed by atoms with E-state index in [0.29, 0.717) is 25.9 Å². The summed E-state index contributed by atoms with van der Waals surface area (Å²) in [5.41, 5.74) is 0.768. The number of aliphatic carboxylic acids is 1. The molecule has 0 saturated carbocycles. The highest BCUT2D eigenvalue weighted by Crippen LogP contribution is 2.29. The number of hydrogen-bond acceptors (Lipinski definition) is 3. The molecule has 2 atom stereocenters. The van der Waals surface area contributed by atoms with Gasteiger partial charge >= 0.3 is 5.97 Å². The van der Waals surface area contributed by atoms with Crippen molar-refractivity contribution in [3.05, 3.63) is 28.7 Å². The molecule has 2 unspecified atom stereocenters. The van der Waals surface area contributed by atoms with Crippen molar-refractivity contribution in [2.45, 2.75) is 12.8 Å². The van der Waals surface area contributed by atoms with E-state index in [9.17, 15) is 14.4 Å². The third kappa shape index (κ3) is 3.10. The summed E-state index contributed by atoms with van der Waals surface area (Å²) >= 11 is 3.38. The second-order valence-electron chi connectivity index (χ2n) is 5.92. The van der Waals surface area contributed by atoms with Gasteiger partial charge in [0, 0.05) is 29.8 Å². The molecule has 3 rings (SSSR count). The van der Waals surface area contributed by atoms with Crippen LogP contribution < -0.4 is 4.90 Å². The molecule has 6 nitrogen and oxygen atoms in total. The lowest BCUT2D eigenvalue weighted by Gasteiger charge is -2.20. The molecule has 23 heavy (non-hydrogen) atoms. The first kappa shape index (κ1) is 16.0. The number of likely N-dealkylation sites (tertiary alicyclic amines) is 1. The maximum Gasteiger partial charge on any atom is 0.308 e. The van der Waals surface area contributed by atoms with E-state index in [1.807, 2.05) is 24.3 Å². The van der Waals surface area contributed by atoms with E-state index in [-0.39, 0.29) is 18.4 Å². The zero-order chi connectivity index (χ0) is 16.6. The van der Waals surface area contributed by atoms with Gasteiger partial charge in [0.25, 0.3) is 0 Å². The maximum atomic E-state index is 12.6. The zero-order valence-electron chi connectivity index (χ0n) is 12.4. The van der Waals surface area contributed by atoms with E-state index >= 15 is 0 Å². The molecule has 7 heteroatoms. The van der Waals surface area contributed by atoms with Gasteiger partial charge in [-0.3, -0.25) is 14.4 Å². The molecule has 1 aromatic rings. The number of benzene rings is 1. The molecule has 1 aromatic carbocycles. The number of halogens is 1. The average Bonchev–Trinajstić information content (AvgIpc) is 3.13. The van der Waals surface area contributed by atoms with E-state index < -0.39 is 17.8 Å². The monoisotopic (exact) mass is 380 g/mol. The summed E-state index contributed by atoms with van der Waals surface area (Å²) < 4.78 is 0.876. The highest BCUT2D eigenvalue weighted by molar-refractivity contribution is 9.10. The number of rotatable bonds is 3. The van der Waals surface area contributed by atoms with Crippen molar-refractivity contribution >= 4 is 39.4 Å². The summed E-state index contributed by atoms with van der Waals surface area (Å²) in [6.45, 7) is 1.12. The fourth-order valence-electron chi connectivity index (χ4n) is 3.19. The molecule has 0 radical (unpaired) electrons. The minimum absolute atomic E-state index is 0.202. The van der Waals surface area contributed by atoms with E-state index in [4.69, 9.17) is 5.11 Å². The van der Waals surface area contributed by atoms with Gasteiger partial charge in [-0.05, 0) is 31.0 Å². The molecule has 2 fully saturated rings. The zero-order valence-corrected chi connectivity index (χ0v) is 14.0. The minimum atomic E-state index is -0.881. The Balaban J connectivity index is 1.69. The van der Waals surface area contributed by atoms with Crippen LogP contribution in [0, 0.1) is 11.8 Å². The molecule has 2 heterocycles. The Bertz CT molecular complexity index is 663. The normalized spacial score (nSPS) is 24.3. The van der Waals surface area contributed by atoms with Gasteiger partial charge in [0.1, 0.15) is 5.92 Å². The minimum Gasteiger partial charge on any atom is -0.481 e. The first-order valence-electron chi connectivity index (χ1n) is 7.56. The quantitative estimate of drug-likeness (QED) is 0.810. The van der Waals surface area contributed by atoms with Gasteiger partial charge in [-0.25, -0.2) is 0 Å². The third-order valence-electron chi connectivity index (χ3n) is 4.47. The van der Waals surface area contributed by atoms with Gasteiger partial charge in [-0.2, -0.15) is 0 Å². The number of nitrogens with zero attached hydrogens (tertiary/aromatic N) is 2. The number of hydrogen-bond donors (Lipinski definition) is 1. The first-order valence-corrected chi connectivity index (χ1v) is 8.35. The van der Waals surface area contributed by atoms with Gasteiger partial charge in [-0.1, -0.05) is 22.0 Å². The van der Waals surface area contributed by atoms with Crippen molar-refractivity contribution in [1.82, 2.24) is 4.90 Å². The molecule has 2 saturated heterocycles. The Kier molecular flexibility index (Phi) is 4.39. The molecule has 0 spiro atoms. The van der Waals surface area contributed by atoms with E-state index in [1.54, 1.807) is 4.90 Å². The lowest BCUT2D eigenvalue weighted by molar-refractivity contribution is -0.142. The Morgan fingerprint density at radius 3 is 2.65 bits per heavy atom. The van der Waals surface area contributed by atoms with Crippen LogP contribution in [-0.2, 0) is 14.4 Å². The van der Waals surface area contributed by atoms with Crippen LogP contribution in [0.4, 0.5) is 5.69 Å². The summed E-state index contributed by atoms with van der Waals surface area (Å²) in [7, 11) is 0. The number of carboxylic acid groups (broad SMARTS) is 1. The number of anilines is 1. The van der Waals surface area contributed by atoms with Crippen LogP contribution in [0.3, 0.4) is 0 Å². The van der Waals surface area contributed by atoms with Crippen LogP contribution in [0.25, 0.3) is 0 Å². The van der Waals surface area contributed by atoms with Crippen molar-refractivity contribution in [3.63, 3.8) is 0 Å². The molecule has 1 N–H and O–H groups in total. The molecule has 0 bridgehead atoms. The number of carbonyl (C=O) groups excluding carboxylic acids is 2. The number of carbonyl (C=O) groups is 3. The second-order valence-corrected chi connectivity index (χ2v) is 6.83.